The molecule has 0 bridgehead atoms. The Balaban J connectivity index is 2.96. The molecule has 0 amide bonds. The van der Waals surface area contributed by atoms with Crippen molar-refractivity contribution in [1.29, 1.82) is 0 Å². The third-order valence-corrected chi connectivity index (χ3v) is 3.92. The van der Waals surface area contributed by atoms with E-state index in [4.69, 9.17) is 10.5 Å². The minimum absolute atomic E-state index is 0.0761. The Hall–Kier alpha value is -1.06. The summed E-state index contributed by atoms with van der Waals surface area (Å²) in [6.07, 6.45) is 0.662. The number of aliphatic hydroxyl groups excluding tert-OH is 1. The van der Waals surface area contributed by atoms with Crippen molar-refractivity contribution in [3.8, 4) is 5.75 Å². The molecule has 0 aromatic heterocycles. The summed E-state index contributed by atoms with van der Waals surface area (Å²) in [5.41, 5.74) is 7.29. The predicted molar refractivity (Wildman–Crippen MR) is 84.1 cm³/mol. The molecule has 1 rings (SSSR count). The number of rotatable bonds is 6. The smallest absolute Gasteiger partial charge is 0.137 e. The minimum atomic E-state index is -0.389. The Morgan fingerprint density at radius 2 is 1.85 bits per heavy atom. The summed E-state index contributed by atoms with van der Waals surface area (Å²) in [4.78, 5) is 0. The molecule has 1 aromatic carbocycles. The highest BCUT2D eigenvalue weighted by Gasteiger charge is 2.30. The average molecular weight is 279 g/mol. The lowest BCUT2D eigenvalue weighted by Crippen LogP contribution is -2.49. The minimum Gasteiger partial charge on any atom is -0.486 e. The molecule has 3 atom stereocenters. The first-order valence-corrected chi connectivity index (χ1v) is 7.43. The molecule has 3 heteroatoms. The molecule has 0 heterocycles. The monoisotopic (exact) mass is 279 g/mol. The van der Waals surface area contributed by atoms with Crippen LogP contribution in [0.5, 0.6) is 5.75 Å². The largest absolute Gasteiger partial charge is 0.486 e. The van der Waals surface area contributed by atoms with Gasteiger partial charge in [-0.25, -0.2) is 0 Å². The molecule has 0 aliphatic rings. The number of hydrogen-bond acceptors (Lipinski definition) is 3. The molecule has 0 radical (unpaired) electrons. The fourth-order valence-electron chi connectivity index (χ4n) is 2.16. The predicted octanol–water partition coefficient (Wildman–Crippen LogP) is 3.31. The topological polar surface area (TPSA) is 55.5 Å². The normalized spacial score (nSPS) is 16.6. The Labute approximate surface area is 123 Å². The SMILES string of the molecule is CCC(C)c1ccccc1OC(CO)C(N)C(C)(C)C. The summed E-state index contributed by atoms with van der Waals surface area (Å²) in [5.74, 6) is 1.26. The van der Waals surface area contributed by atoms with E-state index < -0.39 is 0 Å². The molecule has 0 spiro atoms. The van der Waals surface area contributed by atoms with E-state index in [1.807, 2.05) is 18.2 Å². The van der Waals surface area contributed by atoms with Crippen LogP contribution in [0, 0.1) is 5.41 Å². The molecular weight excluding hydrogens is 250 g/mol. The molecule has 0 aliphatic heterocycles. The van der Waals surface area contributed by atoms with Gasteiger partial charge in [-0.2, -0.15) is 0 Å². The standard InChI is InChI=1S/C17H29NO2/c1-6-12(2)13-9-7-8-10-14(13)20-15(11-19)16(18)17(3,4)5/h7-10,12,15-16,19H,6,11,18H2,1-5H3. The van der Waals surface area contributed by atoms with Gasteiger partial charge in [0.1, 0.15) is 11.9 Å². The number of hydrogen-bond donors (Lipinski definition) is 2. The van der Waals surface area contributed by atoms with Crippen molar-refractivity contribution < 1.29 is 9.84 Å². The van der Waals surface area contributed by atoms with E-state index >= 15 is 0 Å². The second-order valence-electron chi connectivity index (χ2n) is 6.58. The van der Waals surface area contributed by atoms with Crippen LogP contribution in [0.15, 0.2) is 24.3 Å². The molecular formula is C17H29NO2. The number of aliphatic hydroxyl groups is 1. The van der Waals surface area contributed by atoms with Crippen LogP contribution in [0.2, 0.25) is 0 Å². The van der Waals surface area contributed by atoms with Crippen LogP contribution < -0.4 is 10.5 Å². The van der Waals surface area contributed by atoms with Crippen molar-refractivity contribution in [2.45, 2.75) is 59.1 Å². The number of benzene rings is 1. The zero-order valence-electron chi connectivity index (χ0n) is 13.4. The fraction of sp³-hybridized carbons (Fsp3) is 0.647. The van der Waals surface area contributed by atoms with Crippen LogP contribution >= 0.6 is 0 Å². The summed E-state index contributed by atoms with van der Waals surface area (Å²) in [6.45, 7) is 10.4. The van der Waals surface area contributed by atoms with Gasteiger partial charge < -0.3 is 15.6 Å². The highest BCUT2D eigenvalue weighted by Crippen LogP contribution is 2.30. The quantitative estimate of drug-likeness (QED) is 0.840. The van der Waals surface area contributed by atoms with Crippen molar-refractivity contribution in [3.05, 3.63) is 29.8 Å². The molecule has 3 nitrogen and oxygen atoms in total. The maximum atomic E-state index is 9.60. The van der Waals surface area contributed by atoms with E-state index in [1.165, 1.54) is 5.56 Å². The fourth-order valence-corrected chi connectivity index (χ4v) is 2.16. The van der Waals surface area contributed by atoms with Crippen molar-refractivity contribution in [2.24, 2.45) is 11.1 Å². The van der Waals surface area contributed by atoms with Gasteiger partial charge in [-0.15, -0.1) is 0 Å². The summed E-state index contributed by atoms with van der Waals surface area (Å²) in [7, 11) is 0. The second-order valence-corrected chi connectivity index (χ2v) is 6.58. The highest BCUT2D eigenvalue weighted by molar-refractivity contribution is 5.36. The van der Waals surface area contributed by atoms with Gasteiger partial charge in [0.05, 0.1) is 6.61 Å². The Morgan fingerprint density at radius 3 is 2.35 bits per heavy atom. The third-order valence-electron chi connectivity index (χ3n) is 3.92. The highest BCUT2D eigenvalue weighted by atomic mass is 16.5. The van der Waals surface area contributed by atoms with Gasteiger partial charge in [-0.3, -0.25) is 0 Å². The Morgan fingerprint density at radius 1 is 1.25 bits per heavy atom. The molecule has 20 heavy (non-hydrogen) atoms. The zero-order valence-corrected chi connectivity index (χ0v) is 13.4. The third kappa shape index (κ3) is 4.22. The first-order chi connectivity index (χ1) is 9.31. The van der Waals surface area contributed by atoms with Crippen LogP contribution in [0.1, 0.15) is 52.5 Å². The van der Waals surface area contributed by atoms with E-state index in [9.17, 15) is 5.11 Å². The molecule has 3 unspecified atom stereocenters. The van der Waals surface area contributed by atoms with Gasteiger partial charge in [-0.1, -0.05) is 52.8 Å². The van der Waals surface area contributed by atoms with Gasteiger partial charge in [0, 0.05) is 6.04 Å². The van der Waals surface area contributed by atoms with E-state index in [1.54, 1.807) is 0 Å². The van der Waals surface area contributed by atoms with Crippen LogP contribution in [-0.4, -0.2) is 23.9 Å². The second kappa shape index (κ2) is 7.09. The van der Waals surface area contributed by atoms with Crippen molar-refractivity contribution in [2.75, 3.05) is 6.61 Å². The molecule has 114 valence electrons. The van der Waals surface area contributed by atoms with E-state index in [2.05, 4.69) is 40.7 Å². The molecule has 1 aromatic rings. The van der Waals surface area contributed by atoms with Crippen LogP contribution in [-0.2, 0) is 0 Å². The summed E-state index contributed by atoms with van der Waals surface area (Å²) in [6, 6.07) is 7.79. The number of ether oxygens (including phenoxy) is 1. The first kappa shape index (κ1) is 17.0. The molecule has 0 aliphatic carbocycles. The lowest BCUT2D eigenvalue weighted by molar-refractivity contribution is 0.0582. The van der Waals surface area contributed by atoms with E-state index in [-0.39, 0.29) is 24.2 Å². The van der Waals surface area contributed by atoms with Gasteiger partial charge in [0.25, 0.3) is 0 Å². The van der Waals surface area contributed by atoms with Crippen molar-refractivity contribution in [3.63, 3.8) is 0 Å². The lowest BCUT2D eigenvalue weighted by Gasteiger charge is -2.34. The molecule has 0 saturated heterocycles. The van der Waals surface area contributed by atoms with E-state index in [0.29, 0.717) is 5.92 Å². The number of para-hydroxylation sites is 1. The maximum absolute atomic E-state index is 9.60. The Bertz CT molecular complexity index is 412. The molecule has 0 fully saturated rings. The van der Waals surface area contributed by atoms with Gasteiger partial charge in [-0.05, 0) is 29.4 Å². The summed E-state index contributed by atoms with van der Waals surface area (Å²) in [5, 5.41) is 9.60. The summed E-state index contributed by atoms with van der Waals surface area (Å²) >= 11 is 0. The maximum Gasteiger partial charge on any atom is 0.137 e. The van der Waals surface area contributed by atoms with Crippen LogP contribution in [0.25, 0.3) is 0 Å². The van der Waals surface area contributed by atoms with Crippen molar-refractivity contribution in [1.82, 2.24) is 0 Å². The molecule has 0 saturated carbocycles. The first-order valence-electron chi connectivity index (χ1n) is 7.43. The summed E-state index contributed by atoms with van der Waals surface area (Å²) < 4.78 is 6.03. The number of nitrogens with two attached hydrogens (primary N) is 1. The average Bonchev–Trinajstić information content (AvgIpc) is 2.42. The van der Waals surface area contributed by atoms with Crippen LogP contribution in [0.3, 0.4) is 0 Å². The van der Waals surface area contributed by atoms with Gasteiger partial charge >= 0.3 is 0 Å². The van der Waals surface area contributed by atoms with Crippen LogP contribution in [0.4, 0.5) is 0 Å². The zero-order chi connectivity index (χ0) is 15.3. The van der Waals surface area contributed by atoms with Gasteiger partial charge in [0.2, 0.25) is 0 Å². The lowest BCUT2D eigenvalue weighted by atomic mass is 9.84. The van der Waals surface area contributed by atoms with Gasteiger partial charge in [0.15, 0.2) is 0 Å². The van der Waals surface area contributed by atoms with E-state index in [0.717, 1.165) is 12.2 Å². The Kier molecular flexibility index (Phi) is 6.03. The molecule has 3 N–H and O–H groups in total. The van der Waals surface area contributed by atoms with Crippen molar-refractivity contribution >= 4 is 0 Å².